The highest BCUT2D eigenvalue weighted by molar-refractivity contribution is 5.84. The lowest BCUT2D eigenvalue weighted by Gasteiger charge is -2.29. The molecule has 0 bridgehead atoms. The number of carbonyl (C=O) groups is 2. The molecular formula is C12H14N2O2. The normalized spacial score (nSPS) is 24.9. The molecule has 1 saturated heterocycles. The van der Waals surface area contributed by atoms with Gasteiger partial charge in [-0.2, -0.15) is 0 Å². The van der Waals surface area contributed by atoms with Gasteiger partial charge in [-0.25, -0.2) is 0 Å². The van der Waals surface area contributed by atoms with Crippen molar-refractivity contribution in [2.75, 3.05) is 6.54 Å². The molecule has 1 aliphatic heterocycles. The first kappa shape index (κ1) is 10.7. The van der Waals surface area contributed by atoms with E-state index in [1.807, 2.05) is 30.3 Å². The van der Waals surface area contributed by atoms with E-state index in [1.165, 1.54) is 0 Å². The van der Waals surface area contributed by atoms with Crippen LogP contribution >= 0.6 is 0 Å². The summed E-state index contributed by atoms with van der Waals surface area (Å²) >= 11 is 0. The van der Waals surface area contributed by atoms with Crippen LogP contribution in [0.4, 0.5) is 0 Å². The highest BCUT2D eigenvalue weighted by Gasteiger charge is 2.33. The van der Waals surface area contributed by atoms with Gasteiger partial charge in [-0.05, 0) is 5.56 Å². The van der Waals surface area contributed by atoms with Gasteiger partial charge in [0.2, 0.25) is 11.8 Å². The minimum Gasteiger partial charge on any atom is -0.369 e. The second-order valence-corrected chi connectivity index (χ2v) is 4.03. The Labute approximate surface area is 93.8 Å². The van der Waals surface area contributed by atoms with Gasteiger partial charge < -0.3 is 11.1 Å². The summed E-state index contributed by atoms with van der Waals surface area (Å²) in [6, 6.07) is 9.57. The molecule has 2 amide bonds. The third-order valence-electron chi connectivity index (χ3n) is 3.00. The Morgan fingerprint density at radius 2 is 2.00 bits per heavy atom. The zero-order valence-electron chi connectivity index (χ0n) is 8.85. The van der Waals surface area contributed by atoms with Crippen LogP contribution in [0.5, 0.6) is 0 Å². The summed E-state index contributed by atoms with van der Waals surface area (Å²) in [5.41, 5.74) is 6.35. The van der Waals surface area contributed by atoms with Gasteiger partial charge in [-0.1, -0.05) is 30.3 Å². The zero-order chi connectivity index (χ0) is 11.5. The van der Waals surface area contributed by atoms with Gasteiger partial charge in [0.15, 0.2) is 0 Å². The molecule has 2 atom stereocenters. The van der Waals surface area contributed by atoms with E-state index in [-0.39, 0.29) is 23.7 Å². The average molecular weight is 218 g/mol. The fourth-order valence-corrected chi connectivity index (χ4v) is 2.13. The Bertz CT molecular complexity index is 403. The smallest absolute Gasteiger partial charge is 0.222 e. The first-order valence-electron chi connectivity index (χ1n) is 5.29. The molecule has 84 valence electrons. The van der Waals surface area contributed by atoms with Crippen molar-refractivity contribution < 1.29 is 9.59 Å². The summed E-state index contributed by atoms with van der Waals surface area (Å²) in [5.74, 6) is -0.771. The highest BCUT2D eigenvalue weighted by atomic mass is 16.2. The number of rotatable bonds is 2. The van der Waals surface area contributed by atoms with Crippen molar-refractivity contribution >= 4 is 11.8 Å². The van der Waals surface area contributed by atoms with Crippen molar-refractivity contribution in [1.29, 1.82) is 0 Å². The van der Waals surface area contributed by atoms with E-state index >= 15 is 0 Å². The number of carbonyl (C=O) groups excluding carboxylic acids is 2. The fourth-order valence-electron chi connectivity index (χ4n) is 2.13. The van der Waals surface area contributed by atoms with E-state index in [0.717, 1.165) is 5.56 Å². The molecule has 0 aromatic heterocycles. The van der Waals surface area contributed by atoms with Crippen LogP contribution in [0.25, 0.3) is 0 Å². The number of nitrogens with one attached hydrogen (secondary N) is 1. The third-order valence-corrected chi connectivity index (χ3v) is 3.00. The summed E-state index contributed by atoms with van der Waals surface area (Å²) in [4.78, 5) is 22.7. The third kappa shape index (κ3) is 2.05. The van der Waals surface area contributed by atoms with Gasteiger partial charge in [0.05, 0.1) is 5.92 Å². The molecule has 4 nitrogen and oxygen atoms in total. The number of piperidine rings is 1. The Hall–Kier alpha value is -1.84. The van der Waals surface area contributed by atoms with Crippen molar-refractivity contribution in [2.45, 2.75) is 12.3 Å². The maximum absolute atomic E-state index is 11.4. The molecule has 1 aliphatic rings. The minimum atomic E-state index is -0.353. The average Bonchev–Trinajstić information content (AvgIpc) is 2.29. The number of nitrogens with two attached hydrogens (primary N) is 1. The Morgan fingerprint density at radius 3 is 2.62 bits per heavy atom. The molecular weight excluding hydrogens is 204 g/mol. The summed E-state index contributed by atoms with van der Waals surface area (Å²) < 4.78 is 0. The van der Waals surface area contributed by atoms with Gasteiger partial charge in [0.25, 0.3) is 0 Å². The molecule has 0 saturated carbocycles. The zero-order valence-corrected chi connectivity index (χ0v) is 8.85. The predicted molar refractivity (Wildman–Crippen MR) is 59.5 cm³/mol. The van der Waals surface area contributed by atoms with Gasteiger partial charge >= 0.3 is 0 Å². The van der Waals surface area contributed by atoms with E-state index in [0.29, 0.717) is 13.0 Å². The van der Waals surface area contributed by atoms with E-state index in [9.17, 15) is 9.59 Å². The fraction of sp³-hybridized carbons (Fsp3) is 0.333. The highest BCUT2D eigenvalue weighted by Crippen LogP contribution is 2.30. The van der Waals surface area contributed by atoms with Crippen LogP contribution in [-0.2, 0) is 9.59 Å². The Balaban J connectivity index is 2.27. The van der Waals surface area contributed by atoms with E-state index < -0.39 is 0 Å². The van der Waals surface area contributed by atoms with Crippen LogP contribution in [0.3, 0.4) is 0 Å². The van der Waals surface area contributed by atoms with Gasteiger partial charge in [-0.15, -0.1) is 0 Å². The first-order chi connectivity index (χ1) is 7.68. The van der Waals surface area contributed by atoms with Crippen molar-refractivity contribution in [3.8, 4) is 0 Å². The minimum absolute atomic E-state index is 0.0219. The maximum atomic E-state index is 11.4. The van der Waals surface area contributed by atoms with E-state index in [2.05, 4.69) is 5.32 Å². The van der Waals surface area contributed by atoms with Gasteiger partial charge in [0, 0.05) is 18.9 Å². The molecule has 1 aromatic rings. The van der Waals surface area contributed by atoms with Crippen molar-refractivity contribution in [3.05, 3.63) is 35.9 Å². The second-order valence-electron chi connectivity index (χ2n) is 4.03. The molecule has 16 heavy (non-hydrogen) atoms. The number of hydrogen-bond donors (Lipinski definition) is 2. The summed E-state index contributed by atoms with van der Waals surface area (Å²) in [7, 11) is 0. The number of benzene rings is 1. The van der Waals surface area contributed by atoms with Crippen LogP contribution in [0.15, 0.2) is 30.3 Å². The molecule has 0 radical (unpaired) electrons. The molecule has 4 heteroatoms. The number of primary amides is 1. The number of hydrogen-bond acceptors (Lipinski definition) is 2. The van der Waals surface area contributed by atoms with E-state index in [4.69, 9.17) is 5.73 Å². The molecule has 0 aliphatic carbocycles. The van der Waals surface area contributed by atoms with Gasteiger partial charge in [0.1, 0.15) is 0 Å². The lowest BCUT2D eigenvalue weighted by molar-refractivity contribution is -0.128. The van der Waals surface area contributed by atoms with E-state index in [1.54, 1.807) is 0 Å². The summed E-state index contributed by atoms with van der Waals surface area (Å²) in [6.45, 7) is 0.341. The van der Waals surface area contributed by atoms with Crippen LogP contribution in [0.1, 0.15) is 17.9 Å². The standard InChI is InChI=1S/C12H14N2O2/c13-12(16)10-7-14-11(15)6-9(10)8-4-2-1-3-5-8/h1-5,9-10H,6-7H2,(H2,13,16)(H,14,15). The van der Waals surface area contributed by atoms with Crippen molar-refractivity contribution in [2.24, 2.45) is 11.7 Å². The van der Waals surface area contributed by atoms with Crippen LogP contribution in [0, 0.1) is 5.92 Å². The largest absolute Gasteiger partial charge is 0.369 e. The molecule has 2 unspecified atom stereocenters. The first-order valence-corrected chi connectivity index (χ1v) is 5.29. The summed E-state index contributed by atoms with van der Waals surface area (Å²) in [5, 5.41) is 2.67. The molecule has 0 spiro atoms. The molecule has 1 aromatic carbocycles. The monoisotopic (exact) mass is 218 g/mol. The van der Waals surface area contributed by atoms with Crippen molar-refractivity contribution in [3.63, 3.8) is 0 Å². The maximum Gasteiger partial charge on any atom is 0.222 e. The van der Waals surface area contributed by atoms with Crippen LogP contribution < -0.4 is 11.1 Å². The SMILES string of the molecule is NC(=O)C1CNC(=O)CC1c1ccccc1. The topological polar surface area (TPSA) is 72.2 Å². The van der Waals surface area contributed by atoms with Gasteiger partial charge in [-0.3, -0.25) is 9.59 Å². The Morgan fingerprint density at radius 1 is 1.31 bits per heavy atom. The predicted octanol–water partition coefficient (Wildman–Crippen LogP) is 0.392. The number of amides is 2. The molecule has 1 fully saturated rings. The molecule has 3 N–H and O–H groups in total. The molecule has 1 heterocycles. The van der Waals surface area contributed by atoms with Crippen molar-refractivity contribution in [1.82, 2.24) is 5.32 Å². The van der Waals surface area contributed by atoms with Crippen LogP contribution in [-0.4, -0.2) is 18.4 Å². The quantitative estimate of drug-likeness (QED) is 0.753. The lowest BCUT2D eigenvalue weighted by atomic mass is 9.80. The lowest BCUT2D eigenvalue weighted by Crippen LogP contribution is -2.45. The van der Waals surface area contributed by atoms with Crippen LogP contribution in [0.2, 0.25) is 0 Å². The molecule has 2 rings (SSSR count). The second kappa shape index (κ2) is 4.35. The summed E-state index contributed by atoms with van der Waals surface area (Å²) in [6.07, 6.45) is 0.331. The Kier molecular flexibility index (Phi) is 2.90.